The maximum atomic E-state index is 13.4. The number of halogens is 1. The second-order valence-corrected chi connectivity index (χ2v) is 5.53. The van der Waals surface area contributed by atoms with E-state index in [1.54, 1.807) is 13.2 Å². The average molecular weight is 329 g/mol. The molecule has 0 amide bonds. The number of aliphatic imine (C=N–C) groups is 1. The van der Waals surface area contributed by atoms with Gasteiger partial charge in [0, 0.05) is 17.5 Å². The largest absolute Gasteiger partial charge is 0.496 e. The smallest absolute Gasteiger partial charge is 0.189 e. The van der Waals surface area contributed by atoms with E-state index in [9.17, 15) is 4.39 Å². The molecular formula is C18H20FN3O2. The van der Waals surface area contributed by atoms with Crippen LogP contribution >= 0.6 is 0 Å². The molecule has 5 nitrogen and oxygen atoms in total. The van der Waals surface area contributed by atoms with Gasteiger partial charge in [-0.3, -0.25) is 0 Å². The van der Waals surface area contributed by atoms with Crippen molar-refractivity contribution in [2.45, 2.75) is 19.0 Å². The van der Waals surface area contributed by atoms with Crippen LogP contribution in [0.2, 0.25) is 0 Å². The van der Waals surface area contributed by atoms with Crippen molar-refractivity contribution in [1.82, 2.24) is 5.32 Å². The molecule has 2 aromatic carbocycles. The molecule has 1 aliphatic rings. The van der Waals surface area contributed by atoms with Crippen LogP contribution in [0.4, 0.5) is 4.39 Å². The number of rotatable bonds is 4. The van der Waals surface area contributed by atoms with Crippen molar-refractivity contribution < 1.29 is 13.9 Å². The summed E-state index contributed by atoms with van der Waals surface area (Å²) >= 11 is 0. The molecule has 0 fully saturated rings. The third-order valence-electron chi connectivity index (χ3n) is 3.94. The van der Waals surface area contributed by atoms with Crippen molar-refractivity contribution >= 4 is 5.96 Å². The minimum absolute atomic E-state index is 0.0492. The first-order chi connectivity index (χ1) is 11.7. The number of hydrogen-bond donors (Lipinski definition) is 2. The number of hydrogen-bond acceptors (Lipinski definition) is 3. The molecule has 1 heterocycles. The maximum Gasteiger partial charge on any atom is 0.189 e. The lowest BCUT2D eigenvalue weighted by molar-refractivity contribution is 0.262. The third-order valence-corrected chi connectivity index (χ3v) is 3.94. The molecule has 6 heteroatoms. The zero-order chi connectivity index (χ0) is 16.9. The summed E-state index contributed by atoms with van der Waals surface area (Å²) in [5, 5.41) is 3.21. The van der Waals surface area contributed by atoms with Gasteiger partial charge in [-0.15, -0.1) is 0 Å². The van der Waals surface area contributed by atoms with E-state index >= 15 is 0 Å². The molecule has 0 saturated carbocycles. The predicted octanol–water partition coefficient (Wildman–Crippen LogP) is 2.76. The summed E-state index contributed by atoms with van der Waals surface area (Å²) in [5.41, 5.74) is 7.71. The van der Waals surface area contributed by atoms with Crippen molar-refractivity contribution in [3.8, 4) is 11.5 Å². The number of nitrogens with one attached hydrogen (secondary N) is 1. The molecule has 3 N–H and O–H groups in total. The van der Waals surface area contributed by atoms with Gasteiger partial charge >= 0.3 is 0 Å². The summed E-state index contributed by atoms with van der Waals surface area (Å²) in [6.45, 7) is 0.865. The van der Waals surface area contributed by atoms with E-state index < -0.39 is 0 Å². The van der Waals surface area contributed by atoms with Crippen molar-refractivity contribution in [3.63, 3.8) is 0 Å². The van der Waals surface area contributed by atoms with E-state index in [4.69, 9.17) is 15.2 Å². The molecule has 0 bridgehead atoms. The Bertz CT molecular complexity index is 749. The summed E-state index contributed by atoms with van der Waals surface area (Å²) in [6.07, 6.45) is 0.802. The lowest BCUT2D eigenvalue weighted by Crippen LogP contribution is -2.37. The van der Waals surface area contributed by atoms with Gasteiger partial charge in [-0.05, 0) is 24.3 Å². The molecule has 0 spiro atoms. The van der Waals surface area contributed by atoms with Gasteiger partial charge in [-0.25, -0.2) is 9.38 Å². The van der Waals surface area contributed by atoms with Gasteiger partial charge in [0.15, 0.2) is 5.96 Å². The number of guanidine groups is 1. The Morgan fingerprint density at radius 2 is 2.21 bits per heavy atom. The van der Waals surface area contributed by atoms with Crippen molar-refractivity contribution in [3.05, 3.63) is 59.4 Å². The molecule has 0 saturated heterocycles. The van der Waals surface area contributed by atoms with Crippen LogP contribution in [0.25, 0.3) is 0 Å². The molecule has 0 aliphatic carbocycles. The molecule has 0 aromatic heterocycles. The van der Waals surface area contributed by atoms with Crippen molar-refractivity contribution in [2.24, 2.45) is 10.7 Å². The zero-order valence-electron chi connectivity index (χ0n) is 13.5. The van der Waals surface area contributed by atoms with E-state index in [0.717, 1.165) is 17.7 Å². The molecule has 126 valence electrons. The Hall–Kier alpha value is -2.76. The van der Waals surface area contributed by atoms with Crippen LogP contribution in [0.1, 0.15) is 23.6 Å². The van der Waals surface area contributed by atoms with Gasteiger partial charge in [0.2, 0.25) is 0 Å². The Labute approximate surface area is 140 Å². The summed E-state index contributed by atoms with van der Waals surface area (Å²) in [6, 6.07) is 12.2. The van der Waals surface area contributed by atoms with Crippen LogP contribution in [0, 0.1) is 5.82 Å². The summed E-state index contributed by atoms with van der Waals surface area (Å²) in [5.74, 6) is 1.43. The lowest BCUT2D eigenvalue weighted by Gasteiger charge is -2.26. The highest BCUT2D eigenvalue weighted by Crippen LogP contribution is 2.31. The van der Waals surface area contributed by atoms with E-state index in [2.05, 4.69) is 10.3 Å². The Morgan fingerprint density at radius 3 is 3.04 bits per heavy atom. The highest BCUT2D eigenvalue weighted by atomic mass is 19.1. The maximum absolute atomic E-state index is 13.4. The fourth-order valence-corrected chi connectivity index (χ4v) is 2.76. The number of nitrogens with zero attached hydrogens (tertiary/aromatic N) is 1. The second kappa shape index (κ2) is 7.21. The first-order valence-electron chi connectivity index (χ1n) is 7.78. The average Bonchev–Trinajstić information content (AvgIpc) is 2.60. The van der Waals surface area contributed by atoms with Crippen molar-refractivity contribution in [2.75, 3.05) is 13.7 Å². The van der Waals surface area contributed by atoms with Crippen LogP contribution in [-0.4, -0.2) is 19.7 Å². The van der Waals surface area contributed by atoms with Gasteiger partial charge in [-0.1, -0.05) is 18.2 Å². The molecule has 1 unspecified atom stereocenters. The SMILES string of the molecule is COc1ccc(F)cc1CN=C(N)NC1CCOc2ccccc21. The fourth-order valence-electron chi connectivity index (χ4n) is 2.76. The third kappa shape index (κ3) is 3.59. The van der Waals surface area contributed by atoms with Crippen LogP contribution < -0.4 is 20.5 Å². The standard InChI is InChI=1S/C18H20FN3O2/c1-23-16-7-6-13(19)10-12(16)11-21-18(20)22-15-8-9-24-17-5-3-2-4-14(15)17/h2-7,10,15H,8-9,11H2,1H3,(H3,20,21,22). The van der Waals surface area contributed by atoms with E-state index in [-0.39, 0.29) is 18.4 Å². The predicted molar refractivity (Wildman–Crippen MR) is 90.7 cm³/mol. The normalized spacial score (nSPS) is 16.9. The number of ether oxygens (including phenoxy) is 2. The highest BCUT2D eigenvalue weighted by Gasteiger charge is 2.21. The number of methoxy groups -OCH3 is 1. The molecule has 3 rings (SSSR count). The van der Waals surface area contributed by atoms with Crippen LogP contribution in [0.15, 0.2) is 47.5 Å². The quantitative estimate of drug-likeness (QED) is 0.668. The van der Waals surface area contributed by atoms with E-state index in [0.29, 0.717) is 23.9 Å². The number of benzene rings is 2. The first kappa shape index (κ1) is 16.1. The zero-order valence-corrected chi connectivity index (χ0v) is 13.5. The highest BCUT2D eigenvalue weighted by molar-refractivity contribution is 5.78. The van der Waals surface area contributed by atoms with Crippen LogP contribution in [-0.2, 0) is 6.54 Å². The molecule has 0 radical (unpaired) electrons. The molecule has 1 aliphatic heterocycles. The number of nitrogens with two attached hydrogens (primary N) is 1. The molecule has 24 heavy (non-hydrogen) atoms. The second-order valence-electron chi connectivity index (χ2n) is 5.53. The fraction of sp³-hybridized carbons (Fsp3) is 0.278. The minimum Gasteiger partial charge on any atom is -0.496 e. The van der Waals surface area contributed by atoms with Gasteiger partial charge < -0.3 is 20.5 Å². The van der Waals surface area contributed by atoms with Crippen LogP contribution in [0.3, 0.4) is 0 Å². The monoisotopic (exact) mass is 329 g/mol. The van der Waals surface area contributed by atoms with E-state index in [1.165, 1.54) is 12.1 Å². The van der Waals surface area contributed by atoms with Gasteiger partial charge in [0.05, 0.1) is 26.3 Å². The summed E-state index contributed by atoms with van der Waals surface area (Å²) < 4.78 is 24.2. The topological polar surface area (TPSA) is 68.9 Å². The Morgan fingerprint density at radius 1 is 1.38 bits per heavy atom. The minimum atomic E-state index is -0.328. The van der Waals surface area contributed by atoms with Gasteiger partial charge in [-0.2, -0.15) is 0 Å². The lowest BCUT2D eigenvalue weighted by atomic mass is 10.0. The molecular weight excluding hydrogens is 309 g/mol. The van der Waals surface area contributed by atoms with Gasteiger partial charge in [0.25, 0.3) is 0 Å². The van der Waals surface area contributed by atoms with E-state index in [1.807, 2.05) is 24.3 Å². The molecule has 2 aromatic rings. The Balaban J connectivity index is 1.71. The van der Waals surface area contributed by atoms with Crippen molar-refractivity contribution in [1.29, 1.82) is 0 Å². The number of fused-ring (bicyclic) bond motifs is 1. The number of para-hydroxylation sites is 1. The van der Waals surface area contributed by atoms with Gasteiger partial charge in [0.1, 0.15) is 17.3 Å². The first-order valence-corrected chi connectivity index (χ1v) is 7.78. The molecule has 1 atom stereocenters. The van der Waals surface area contributed by atoms with Crippen LogP contribution in [0.5, 0.6) is 11.5 Å². The Kier molecular flexibility index (Phi) is 4.84. The summed E-state index contributed by atoms with van der Waals surface area (Å²) in [7, 11) is 1.54. The summed E-state index contributed by atoms with van der Waals surface area (Å²) in [4.78, 5) is 4.31.